The number of hydrogen-bond donors (Lipinski definition) is 1. The third-order valence-corrected chi connectivity index (χ3v) is 6.53. The number of amides is 1. The average Bonchev–Trinajstić information content (AvgIpc) is 3.16. The van der Waals surface area contributed by atoms with Crippen molar-refractivity contribution in [1.82, 2.24) is 14.8 Å². The number of carbonyl (C=O) groups is 1. The second-order valence-electron chi connectivity index (χ2n) is 7.25. The van der Waals surface area contributed by atoms with Gasteiger partial charge in [-0.2, -0.15) is 0 Å². The van der Waals surface area contributed by atoms with Gasteiger partial charge >= 0.3 is 0 Å². The van der Waals surface area contributed by atoms with Gasteiger partial charge in [-0.15, -0.1) is 10.2 Å². The molecule has 0 radical (unpaired) electrons. The molecule has 9 heteroatoms. The van der Waals surface area contributed by atoms with E-state index in [1.165, 1.54) is 11.8 Å². The monoisotopic (exact) mass is 492 g/mol. The van der Waals surface area contributed by atoms with Gasteiger partial charge in [0, 0.05) is 28.7 Å². The SMILES string of the molecule is CCn1c(CCCOc2ccc(Cl)cc2C)nnc1SCC(=O)Nc1cccc(Cl)c1C. The van der Waals surface area contributed by atoms with Gasteiger partial charge in [-0.1, -0.05) is 41.0 Å². The van der Waals surface area contributed by atoms with Crippen LogP contribution in [0.15, 0.2) is 41.6 Å². The zero-order chi connectivity index (χ0) is 23.1. The van der Waals surface area contributed by atoms with Crippen LogP contribution in [0.5, 0.6) is 5.75 Å². The molecule has 0 aliphatic rings. The minimum atomic E-state index is -0.112. The fraction of sp³-hybridized carbons (Fsp3) is 0.348. The van der Waals surface area contributed by atoms with Crippen LogP contribution in [0.2, 0.25) is 10.0 Å². The average molecular weight is 493 g/mol. The van der Waals surface area contributed by atoms with E-state index < -0.39 is 0 Å². The van der Waals surface area contributed by atoms with E-state index in [2.05, 4.69) is 15.5 Å². The van der Waals surface area contributed by atoms with Gasteiger partial charge < -0.3 is 14.6 Å². The number of aryl methyl sites for hydroxylation is 2. The van der Waals surface area contributed by atoms with Crippen LogP contribution in [0.3, 0.4) is 0 Å². The zero-order valence-corrected chi connectivity index (χ0v) is 20.7. The number of aromatic nitrogens is 3. The molecule has 1 heterocycles. The minimum absolute atomic E-state index is 0.112. The summed E-state index contributed by atoms with van der Waals surface area (Å²) in [5, 5.41) is 13.6. The van der Waals surface area contributed by atoms with E-state index in [9.17, 15) is 4.79 Å². The van der Waals surface area contributed by atoms with Crippen molar-refractivity contribution in [3.8, 4) is 5.75 Å². The van der Waals surface area contributed by atoms with Gasteiger partial charge in [0.15, 0.2) is 5.16 Å². The number of nitrogens with one attached hydrogen (secondary N) is 1. The van der Waals surface area contributed by atoms with Crippen molar-refractivity contribution in [1.29, 1.82) is 0 Å². The Labute approximate surface area is 202 Å². The molecule has 1 N–H and O–H groups in total. The minimum Gasteiger partial charge on any atom is -0.493 e. The quantitative estimate of drug-likeness (QED) is 0.279. The van der Waals surface area contributed by atoms with Crippen molar-refractivity contribution >= 4 is 46.6 Å². The van der Waals surface area contributed by atoms with E-state index in [0.717, 1.165) is 52.9 Å². The zero-order valence-electron chi connectivity index (χ0n) is 18.3. The number of ether oxygens (including phenoxy) is 1. The van der Waals surface area contributed by atoms with E-state index in [-0.39, 0.29) is 11.7 Å². The molecule has 0 atom stereocenters. The van der Waals surface area contributed by atoms with Gasteiger partial charge in [-0.05, 0) is 68.7 Å². The molecule has 3 aromatic rings. The maximum absolute atomic E-state index is 12.4. The highest BCUT2D eigenvalue weighted by molar-refractivity contribution is 7.99. The van der Waals surface area contributed by atoms with Crippen LogP contribution in [0.4, 0.5) is 5.69 Å². The van der Waals surface area contributed by atoms with Gasteiger partial charge in [0.05, 0.1) is 12.4 Å². The first-order valence-corrected chi connectivity index (χ1v) is 12.1. The van der Waals surface area contributed by atoms with Crippen molar-refractivity contribution < 1.29 is 9.53 Å². The third-order valence-electron chi connectivity index (χ3n) is 4.92. The number of halogens is 2. The number of anilines is 1. The molecular weight excluding hydrogens is 467 g/mol. The fourth-order valence-electron chi connectivity index (χ4n) is 3.17. The molecule has 0 aliphatic heterocycles. The predicted octanol–water partition coefficient (Wildman–Crippen LogP) is 5.96. The summed E-state index contributed by atoms with van der Waals surface area (Å²) in [5.74, 6) is 1.85. The number of thioether (sulfide) groups is 1. The normalized spacial score (nSPS) is 10.9. The van der Waals surface area contributed by atoms with E-state index in [4.69, 9.17) is 27.9 Å². The van der Waals surface area contributed by atoms with Crippen molar-refractivity contribution in [3.05, 3.63) is 63.4 Å². The van der Waals surface area contributed by atoms with Crippen molar-refractivity contribution in [2.24, 2.45) is 0 Å². The molecule has 1 aromatic heterocycles. The molecule has 2 aromatic carbocycles. The summed E-state index contributed by atoms with van der Waals surface area (Å²) in [6.45, 7) is 7.20. The Balaban J connectivity index is 1.50. The lowest BCUT2D eigenvalue weighted by molar-refractivity contribution is -0.113. The molecule has 0 saturated heterocycles. The molecule has 0 unspecified atom stereocenters. The molecule has 3 rings (SSSR count). The Hall–Kier alpha value is -2.22. The molecule has 0 bridgehead atoms. The summed E-state index contributed by atoms with van der Waals surface area (Å²) >= 11 is 13.5. The first-order chi connectivity index (χ1) is 15.4. The molecule has 6 nitrogen and oxygen atoms in total. The molecular formula is C23H26Cl2N4O2S. The fourth-order valence-corrected chi connectivity index (χ4v) is 4.40. The van der Waals surface area contributed by atoms with Gasteiger partial charge in [0.2, 0.25) is 5.91 Å². The number of hydrogen-bond acceptors (Lipinski definition) is 5. The van der Waals surface area contributed by atoms with E-state index in [0.29, 0.717) is 16.7 Å². The summed E-state index contributed by atoms with van der Waals surface area (Å²) in [6.07, 6.45) is 1.54. The highest BCUT2D eigenvalue weighted by atomic mass is 35.5. The summed E-state index contributed by atoms with van der Waals surface area (Å²) < 4.78 is 7.90. The molecule has 0 aliphatic carbocycles. The molecule has 0 saturated carbocycles. The lowest BCUT2D eigenvalue weighted by Crippen LogP contribution is -2.15. The van der Waals surface area contributed by atoms with Crippen LogP contribution in [-0.2, 0) is 17.8 Å². The number of nitrogens with zero attached hydrogens (tertiary/aromatic N) is 3. The van der Waals surface area contributed by atoms with Crippen LogP contribution in [0, 0.1) is 13.8 Å². The highest BCUT2D eigenvalue weighted by Crippen LogP contribution is 2.24. The van der Waals surface area contributed by atoms with Crippen LogP contribution >= 0.6 is 35.0 Å². The Bertz CT molecular complexity index is 1090. The number of carbonyl (C=O) groups excluding carboxylic acids is 1. The van der Waals surface area contributed by atoms with E-state index in [1.807, 2.05) is 55.7 Å². The van der Waals surface area contributed by atoms with Gasteiger partial charge in [0.1, 0.15) is 11.6 Å². The molecule has 32 heavy (non-hydrogen) atoms. The van der Waals surface area contributed by atoms with E-state index >= 15 is 0 Å². The van der Waals surface area contributed by atoms with Gasteiger partial charge in [-0.3, -0.25) is 4.79 Å². The highest BCUT2D eigenvalue weighted by Gasteiger charge is 2.14. The molecule has 0 spiro atoms. The lowest BCUT2D eigenvalue weighted by atomic mass is 10.2. The van der Waals surface area contributed by atoms with Crippen LogP contribution in [0.1, 0.15) is 30.3 Å². The molecule has 1 amide bonds. The number of rotatable bonds is 10. The summed E-state index contributed by atoms with van der Waals surface area (Å²) in [6, 6.07) is 11.0. The first kappa shape index (κ1) is 24.4. The second-order valence-corrected chi connectivity index (χ2v) is 9.04. The Morgan fingerprint density at radius 1 is 1.19 bits per heavy atom. The van der Waals surface area contributed by atoms with Gasteiger partial charge in [-0.25, -0.2) is 0 Å². The standard InChI is InChI=1S/C23H26Cl2N4O2S/c1-4-29-21(9-6-12-31-20-11-10-17(24)13-15(20)2)27-28-23(29)32-14-22(30)26-19-8-5-7-18(25)16(19)3/h5,7-8,10-11,13H,4,6,9,12,14H2,1-3H3,(H,26,30). The Morgan fingerprint density at radius 3 is 2.75 bits per heavy atom. The van der Waals surface area contributed by atoms with Crippen LogP contribution in [-0.4, -0.2) is 33.0 Å². The maximum atomic E-state index is 12.4. The third kappa shape index (κ3) is 6.40. The largest absolute Gasteiger partial charge is 0.493 e. The summed E-state index contributed by atoms with van der Waals surface area (Å²) in [5.41, 5.74) is 2.58. The number of benzene rings is 2. The van der Waals surface area contributed by atoms with Gasteiger partial charge in [0.25, 0.3) is 0 Å². The smallest absolute Gasteiger partial charge is 0.234 e. The topological polar surface area (TPSA) is 69.0 Å². The predicted molar refractivity (Wildman–Crippen MR) is 131 cm³/mol. The molecule has 170 valence electrons. The van der Waals surface area contributed by atoms with Crippen molar-refractivity contribution in [3.63, 3.8) is 0 Å². The second kappa shape index (κ2) is 11.6. The first-order valence-electron chi connectivity index (χ1n) is 10.4. The molecule has 0 fully saturated rings. The van der Waals surface area contributed by atoms with Crippen molar-refractivity contribution in [2.75, 3.05) is 17.7 Å². The lowest BCUT2D eigenvalue weighted by Gasteiger charge is -2.11. The summed E-state index contributed by atoms with van der Waals surface area (Å²) in [7, 11) is 0. The Morgan fingerprint density at radius 2 is 2.00 bits per heavy atom. The van der Waals surface area contributed by atoms with Crippen LogP contribution < -0.4 is 10.1 Å². The summed E-state index contributed by atoms with van der Waals surface area (Å²) in [4.78, 5) is 12.4. The van der Waals surface area contributed by atoms with Crippen LogP contribution in [0.25, 0.3) is 0 Å². The maximum Gasteiger partial charge on any atom is 0.234 e. The Kier molecular flexibility index (Phi) is 8.84. The van der Waals surface area contributed by atoms with E-state index in [1.54, 1.807) is 6.07 Å². The van der Waals surface area contributed by atoms with Crippen molar-refractivity contribution in [2.45, 2.75) is 45.3 Å².